The maximum Gasteiger partial charge on any atom is 0.223 e. The molecular weight excluding hydrogens is 356 g/mol. The van der Waals surface area contributed by atoms with E-state index in [4.69, 9.17) is 6.42 Å². The fourth-order valence-corrected chi connectivity index (χ4v) is 5.82. The predicted octanol–water partition coefficient (Wildman–Crippen LogP) is 3.75. The van der Waals surface area contributed by atoms with Gasteiger partial charge >= 0.3 is 0 Å². The molecule has 2 aromatic rings. The van der Waals surface area contributed by atoms with Crippen LogP contribution in [0.2, 0.25) is 0 Å². The van der Waals surface area contributed by atoms with Gasteiger partial charge in [-0.2, -0.15) is 0 Å². The quantitative estimate of drug-likeness (QED) is 0.815. The van der Waals surface area contributed by atoms with Crippen LogP contribution in [0.5, 0.6) is 0 Å². The van der Waals surface area contributed by atoms with E-state index in [2.05, 4.69) is 64.7 Å². The Morgan fingerprint density at radius 1 is 1.00 bits per heavy atom. The number of carbonyl (C=O) groups excluding carboxylic acids is 1. The second-order valence-corrected chi connectivity index (χ2v) is 8.78. The first-order chi connectivity index (χ1) is 14.3. The average Bonchev–Trinajstić information content (AvgIpc) is 2.78. The Morgan fingerprint density at radius 3 is 2.17 bits per heavy atom. The number of hydrogen-bond acceptors (Lipinski definition) is 2. The summed E-state index contributed by atoms with van der Waals surface area (Å²) in [7, 11) is 0. The molecule has 1 unspecified atom stereocenters. The summed E-state index contributed by atoms with van der Waals surface area (Å²) in [6, 6.07) is 17.8. The van der Waals surface area contributed by atoms with E-state index in [1.165, 1.54) is 22.3 Å². The van der Waals surface area contributed by atoms with Crippen LogP contribution in [-0.4, -0.2) is 37.0 Å². The number of rotatable bonds is 4. The number of hydrogen-bond donors (Lipinski definition) is 1. The van der Waals surface area contributed by atoms with E-state index in [9.17, 15) is 4.79 Å². The average molecular weight is 385 g/mol. The van der Waals surface area contributed by atoms with Crippen LogP contribution >= 0.6 is 0 Å². The van der Waals surface area contributed by atoms with E-state index in [0.717, 1.165) is 38.9 Å². The zero-order valence-electron chi connectivity index (χ0n) is 16.8. The van der Waals surface area contributed by atoms with E-state index in [-0.39, 0.29) is 11.8 Å². The second kappa shape index (κ2) is 7.69. The lowest BCUT2D eigenvalue weighted by Gasteiger charge is -2.45. The van der Waals surface area contributed by atoms with Crippen LogP contribution in [0.25, 0.3) is 0 Å². The van der Waals surface area contributed by atoms with Gasteiger partial charge in [-0.1, -0.05) is 54.5 Å². The highest BCUT2D eigenvalue weighted by Crippen LogP contribution is 2.55. The van der Waals surface area contributed by atoms with Gasteiger partial charge in [-0.15, -0.1) is 6.42 Å². The number of piperidine rings is 1. The molecule has 2 bridgehead atoms. The maximum atomic E-state index is 12.8. The van der Waals surface area contributed by atoms with Gasteiger partial charge in [0.25, 0.3) is 0 Å². The largest absolute Gasteiger partial charge is 0.356 e. The molecule has 3 nitrogen and oxygen atoms in total. The topological polar surface area (TPSA) is 32.3 Å². The fraction of sp³-hybridized carbons (Fsp3) is 0.423. The van der Waals surface area contributed by atoms with Crippen LogP contribution in [0, 0.1) is 24.2 Å². The van der Waals surface area contributed by atoms with Crippen molar-refractivity contribution >= 4 is 5.91 Å². The normalized spacial score (nSPS) is 25.7. The molecule has 0 spiro atoms. The summed E-state index contributed by atoms with van der Waals surface area (Å²) in [5.74, 6) is 4.39. The first kappa shape index (κ1) is 18.5. The summed E-state index contributed by atoms with van der Waals surface area (Å²) in [4.78, 5) is 15.1. The first-order valence-corrected chi connectivity index (χ1v) is 10.9. The minimum absolute atomic E-state index is 0.129. The third-order valence-corrected chi connectivity index (χ3v) is 7.23. The molecule has 148 valence electrons. The number of amides is 1. The van der Waals surface area contributed by atoms with Gasteiger partial charge in [0.2, 0.25) is 5.91 Å². The maximum absolute atomic E-state index is 12.8. The molecule has 3 heteroatoms. The van der Waals surface area contributed by atoms with Crippen molar-refractivity contribution < 1.29 is 4.79 Å². The number of fused-ring (bicyclic) bond motifs is 1. The zero-order valence-corrected chi connectivity index (χ0v) is 16.8. The lowest BCUT2D eigenvalue weighted by Crippen LogP contribution is -2.44. The van der Waals surface area contributed by atoms with Crippen molar-refractivity contribution in [3.8, 4) is 12.3 Å². The van der Waals surface area contributed by atoms with Crippen LogP contribution in [0.4, 0.5) is 0 Å². The summed E-state index contributed by atoms with van der Waals surface area (Å²) in [6.07, 6.45) is 8.36. The summed E-state index contributed by atoms with van der Waals surface area (Å²) >= 11 is 0. The number of terminal acetylenes is 1. The van der Waals surface area contributed by atoms with E-state index in [1.54, 1.807) is 0 Å². The lowest BCUT2D eigenvalue weighted by atomic mass is 9.59. The first-order valence-electron chi connectivity index (χ1n) is 10.9. The van der Waals surface area contributed by atoms with Gasteiger partial charge in [-0.3, -0.25) is 9.69 Å². The van der Waals surface area contributed by atoms with Crippen molar-refractivity contribution in [2.45, 2.75) is 31.1 Å². The van der Waals surface area contributed by atoms with Crippen LogP contribution in [0.15, 0.2) is 48.5 Å². The van der Waals surface area contributed by atoms with Crippen molar-refractivity contribution in [3.05, 3.63) is 70.8 Å². The molecule has 3 aliphatic carbocycles. The highest BCUT2D eigenvalue weighted by atomic mass is 16.1. The monoisotopic (exact) mass is 384 g/mol. The van der Waals surface area contributed by atoms with Crippen molar-refractivity contribution in [1.29, 1.82) is 0 Å². The van der Waals surface area contributed by atoms with Gasteiger partial charge in [0, 0.05) is 24.3 Å². The Hall–Kier alpha value is -2.57. The summed E-state index contributed by atoms with van der Waals surface area (Å²) < 4.78 is 0. The molecule has 2 aromatic carbocycles. The lowest BCUT2D eigenvalue weighted by molar-refractivity contribution is -0.126. The van der Waals surface area contributed by atoms with Gasteiger partial charge in [0.15, 0.2) is 0 Å². The Balaban J connectivity index is 1.29. The van der Waals surface area contributed by atoms with E-state index in [0.29, 0.717) is 24.3 Å². The molecule has 4 aliphatic rings. The summed E-state index contributed by atoms with van der Waals surface area (Å²) in [6.45, 7) is 3.32. The highest BCUT2D eigenvalue weighted by Gasteiger charge is 2.43. The van der Waals surface area contributed by atoms with Gasteiger partial charge in [0.05, 0.1) is 6.54 Å². The third kappa shape index (κ3) is 3.26. The van der Waals surface area contributed by atoms with E-state index in [1.807, 2.05) is 0 Å². The Morgan fingerprint density at radius 2 is 1.59 bits per heavy atom. The van der Waals surface area contributed by atoms with Crippen molar-refractivity contribution in [2.24, 2.45) is 11.8 Å². The molecular formula is C26H28N2O. The van der Waals surface area contributed by atoms with E-state index >= 15 is 0 Å². The summed E-state index contributed by atoms with van der Waals surface area (Å²) in [5.41, 5.74) is 5.90. The molecule has 1 atom stereocenters. The second-order valence-electron chi connectivity index (χ2n) is 8.78. The molecule has 0 saturated carbocycles. The van der Waals surface area contributed by atoms with Crippen LogP contribution < -0.4 is 5.32 Å². The molecule has 0 aromatic heterocycles. The highest BCUT2D eigenvalue weighted by molar-refractivity contribution is 5.78. The van der Waals surface area contributed by atoms with Gasteiger partial charge in [-0.25, -0.2) is 0 Å². The molecule has 29 heavy (non-hydrogen) atoms. The minimum atomic E-state index is 0.129. The molecule has 1 heterocycles. The molecule has 6 rings (SSSR count). The molecule has 1 aliphatic heterocycles. The number of carbonyl (C=O) groups is 1. The third-order valence-electron chi connectivity index (χ3n) is 7.23. The minimum Gasteiger partial charge on any atom is -0.356 e. The van der Waals surface area contributed by atoms with Gasteiger partial charge in [-0.05, 0) is 60.5 Å². The van der Waals surface area contributed by atoms with Crippen molar-refractivity contribution in [3.63, 3.8) is 0 Å². The van der Waals surface area contributed by atoms with Crippen LogP contribution in [0.3, 0.4) is 0 Å². The zero-order chi connectivity index (χ0) is 19.8. The fourth-order valence-electron chi connectivity index (χ4n) is 5.82. The van der Waals surface area contributed by atoms with Crippen molar-refractivity contribution in [2.75, 3.05) is 26.2 Å². The summed E-state index contributed by atoms with van der Waals surface area (Å²) in [5, 5.41) is 3.32. The molecule has 1 fully saturated rings. The Labute approximate surface area is 173 Å². The van der Waals surface area contributed by atoms with Crippen LogP contribution in [-0.2, 0) is 4.79 Å². The molecule has 1 N–H and O–H groups in total. The predicted molar refractivity (Wildman–Crippen MR) is 116 cm³/mol. The molecule has 1 amide bonds. The molecule has 0 radical (unpaired) electrons. The number of likely N-dealkylation sites (tertiary alicyclic amines) is 1. The van der Waals surface area contributed by atoms with Crippen molar-refractivity contribution in [1.82, 2.24) is 10.2 Å². The number of nitrogens with one attached hydrogen (secondary N) is 1. The number of benzene rings is 2. The molecule has 1 saturated heterocycles. The smallest absolute Gasteiger partial charge is 0.223 e. The van der Waals surface area contributed by atoms with Gasteiger partial charge < -0.3 is 5.32 Å². The number of nitrogens with zero attached hydrogens (tertiary/aromatic N) is 1. The Bertz CT molecular complexity index is 904. The van der Waals surface area contributed by atoms with E-state index < -0.39 is 0 Å². The Kier molecular flexibility index (Phi) is 4.89. The SMILES string of the molecule is C#CCN1CCC(C(=O)NCC2CC3c4ccccc4C2c2ccccc23)CC1. The van der Waals surface area contributed by atoms with Crippen LogP contribution in [0.1, 0.15) is 53.4 Å². The van der Waals surface area contributed by atoms with Gasteiger partial charge in [0.1, 0.15) is 0 Å². The standard InChI is InChI=1S/C26H28N2O/c1-2-13-28-14-11-18(12-15-28)26(29)27-17-19-16-24-20-7-3-5-9-22(20)25(19)23-10-6-4-8-21(23)24/h1,3-10,18-19,24-25H,11-17H2,(H,27,29).